The van der Waals surface area contributed by atoms with Crippen molar-refractivity contribution in [2.75, 3.05) is 37.4 Å². The Hall–Kier alpha value is -0.810. The van der Waals surface area contributed by atoms with Crippen LogP contribution in [0.15, 0.2) is 10.7 Å². The molecule has 1 atom stereocenters. The van der Waals surface area contributed by atoms with Crippen molar-refractivity contribution in [1.82, 2.24) is 4.98 Å². The predicted octanol–water partition coefficient (Wildman–Crippen LogP) is 2.60. The van der Waals surface area contributed by atoms with Crippen LogP contribution in [0.25, 0.3) is 0 Å². The highest BCUT2D eigenvalue weighted by atomic mass is 79.9. The van der Waals surface area contributed by atoms with Gasteiger partial charge in [-0.1, -0.05) is 0 Å². The van der Waals surface area contributed by atoms with Crippen molar-refractivity contribution in [3.8, 4) is 0 Å². The van der Waals surface area contributed by atoms with Gasteiger partial charge in [-0.2, -0.15) is 0 Å². The molecule has 1 saturated heterocycles. The number of rotatable bonds is 3. The number of ether oxygens (including phenoxy) is 1. The third kappa shape index (κ3) is 2.95. The maximum atomic E-state index is 5.84. The van der Waals surface area contributed by atoms with Crippen LogP contribution in [0, 0.1) is 12.8 Å². The molecule has 1 unspecified atom stereocenters. The van der Waals surface area contributed by atoms with Crippen LogP contribution in [0.2, 0.25) is 0 Å². The smallest absolute Gasteiger partial charge is 0.143 e. The van der Waals surface area contributed by atoms with Gasteiger partial charge in [0.05, 0.1) is 23.0 Å². The second-order valence-electron chi connectivity index (χ2n) is 4.94. The molecule has 1 aromatic heterocycles. The van der Waals surface area contributed by atoms with E-state index in [-0.39, 0.29) is 0 Å². The van der Waals surface area contributed by atoms with Gasteiger partial charge in [0.1, 0.15) is 5.82 Å². The zero-order valence-corrected chi connectivity index (χ0v) is 12.5. The first-order chi connectivity index (χ1) is 8.59. The fourth-order valence-electron chi connectivity index (χ4n) is 2.27. The Bertz CT molecular complexity index is 419. The fraction of sp³-hybridized carbons (Fsp3) is 0.615. The normalized spacial score (nSPS) is 19.8. The van der Waals surface area contributed by atoms with Gasteiger partial charge in [0.15, 0.2) is 0 Å². The summed E-state index contributed by atoms with van der Waals surface area (Å²) in [5, 5.41) is 0. The Kier molecular flexibility index (Phi) is 4.45. The van der Waals surface area contributed by atoms with Crippen LogP contribution in [-0.4, -0.2) is 31.8 Å². The molecule has 4 nitrogen and oxygen atoms in total. The van der Waals surface area contributed by atoms with E-state index in [0.717, 1.165) is 47.7 Å². The molecule has 0 bridgehead atoms. The molecule has 2 rings (SSSR count). The summed E-state index contributed by atoms with van der Waals surface area (Å²) in [7, 11) is 2.07. The lowest BCUT2D eigenvalue weighted by Crippen LogP contribution is -2.31. The van der Waals surface area contributed by atoms with Gasteiger partial charge in [-0.05, 0) is 47.2 Å². The molecule has 5 heteroatoms. The van der Waals surface area contributed by atoms with Gasteiger partial charge in [-0.25, -0.2) is 4.98 Å². The molecule has 100 valence electrons. The van der Waals surface area contributed by atoms with Crippen molar-refractivity contribution in [3.05, 3.63) is 16.2 Å². The molecule has 1 aliphatic heterocycles. The van der Waals surface area contributed by atoms with E-state index in [9.17, 15) is 0 Å². The summed E-state index contributed by atoms with van der Waals surface area (Å²) in [4.78, 5) is 6.59. The molecular weight excluding hydrogens is 294 g/mol. The summed E-state index contributed by atoms with van der Waals surface area (Å²) in [6, 6.07) is 0. The summed E-state index contributed by atoms with van der Waals surface area (Å²) in [6.07, 6.45) is 4.12. The molecule has 2 N–H and O–H groups in total. The van der Waals surface area contributed by atoms with Crippen LogP contribution >= 0.6 is 15.9 Å². The molecule has 0 saturated carbocycles. The number of hydrogen-bond acceptors (Lipinski definition) is 4. The second-order valence-corrected chi connectivity index (χ2v) is 5.73. The van der Waals surface area contributed by atoms with Gasteiger partial charge >= 0.3 is 0 Å². The maximum Gasteiger partial charge on any atom is 0.143 e. The van der Waals surface area contributed by atoms with E-state index in [4.69, 9.17) is 10.5 Å². The summed E-state index contributed by atoms with van der Waals surface area (Å²) in [5.74, 6) is 1.54. The van der Waals surface area contributed by atoms with Crippen LogP contribution in [0.3, 0.4) is 0 Å². The van der Waals surface area contributed by atoms with Crippen molar-refractivity contribution in [3.63, 3.8) is 0 Å². The Labute approximate surface area is 117 Å². The fourth-order valence-corrected chi connectivity index (χ4v) is 2.90. The highest BCUT2D eigenvalue weighted by molar-refractivity contribution is 9.10. The molecule has 1 fully saturated rings. The number of pyridine rings is 1. The average Bonchev–Trinajstić information content (AvgIpc) is 2.37. The number of nitrogens with zero attached hydrogens (tertiary/aromatic N) is 2. The molecule has 1 aromatic rings. The van der Waals surface area contributed by atoms with Crippen LogP contribution in [0.5, 0.6) is 0 Å². The molecule has 18 heavy (non-hydrogen) atoms. The maximum absolute atomic E-state index is 5.84. The summed E-state index contributed by atoms with van der Waals surface area (Å²) in [5.41, 5.74) is 7.61. The largest absolute Gasteiger partial charge is 0.397 e. The first-order valence-corrected chi connectivity index (χ1v) is 7.08. The molecule has 2 heterocycles. The van der Waals surface area contributed by atoms with Crippen molar-refractivity contribution in [2.24, 2.45) is 5.92 Å². The number of aromatic nitrogens is 1. The quantitative estimate of drug-likeness (QED) is 0.932. The van der Waals surface area contributed by atoms with Gasteiger partial charge in [-0.15, -0.1) is 0 Å². The van der Waals surface area contributed by atoms with Crippen molar-refractivity contribution in [2.45, 2.75) is 19.8 Å². The van der Waals surface area contributed by atoms with E-state index in [1.807, 2.05) is 6.92 Å². The SMILES string of the molecule is Cc1c(N)cnc(N(C)CC2CCCOC2)c1Br. The molecule has 1 aliphatic rings. The van der Waals surface area contributed by atoms with Crippen molar-refractivity contribution >= 4 is 27.4 Å². The predicted molar refractivity (Wildman–Crippen MR) is 77.9 cm³/mol. The Morgan fingerprint density at radius 3 is 3.06 bits per heavy atom. The second kappa shape index (κ2) is 5.89. The number of nitrogens with two attached hydrogens (primary N) is 1. The molecule has 0 aliphatic carbocycles. The number of anilines is 2. The number of halogens is 1. The molecule has 0 radical (unpaired) electrons. The third-order valence-corrected chi connectivity index (χ3v) is 4.38. The van der Waals surface area contributed by atoms with Gasteiger partial charge in [-0.3, -0.25) is 0 Å². The summed E-state index contributed by atoms with van der Waals surface area (Å²) in [6.45, 7) is 4.73. The summed E-state index contributed by atoms with van der Waals surface area (Å²) < 4.78 is 6.50. The molecular formula is C13H20BrN3O. The van der Waals surface area contributed by atoms with Crippen LogP contribution < -0.4 is 10.6 Å². The highest BCUT2D eigenvalue weighted by Gasteiger charge is 2.18. The number of hydrogen-bond donors (Lipinski definition) is 1. The van der Waals surface area contributed by atoms with Gasteiger partial charge < -0.3 is 15.4 Å². The summed E-state index contributed by atoms with van der Waals surface area (Å²) >= 11 is 3.58. The van der Waals surface area contributed by atoms with Crippen LogP contribution in [0.1, 0.15) is 18.4 Å². The van der Waals surface area contributed by atoms with Gasteiger partial charge in [0.2, 0.25) is 0 Å². The molecule has 0 spiro atoms. The Morgan fingerprint density at radius 2 is 2.39 bits per heavy atom. The van der Waals surface area contributed by atoms with E-state index in [1.165, 1.54) is 6.42 Å². The van der Waals surface area contributed by atoms with Crippen molar-refractivity contribution in [1.29, 1.82) is 0 Å². The molecule has 0 aromatic carbocycles. The minimum atomic E-state index is 0.593. The Balaban J connectivity index is 2.08. The third-order valence-electron chi connectivity index (χ3n) is 3.43. The van der Waals surface area contributed by atoms with Crippen LogP contribution in [-0.2, 0) is 4.74 Å². The van der Waals surface area contributed by atoms with E-state index in [1.54, 1.807) is 6.20 Å². The topological polar surface area (TPSA) is 51.4 Å². The lowest BCUT2D eigenvalue weighted by molar-refractivity contribution is 0.0576. The van der Waals surface area contributed by atoms with Gasteiger partial charge in [0, 0.05) is 20.2 Å². The van der Waals surface area contributed by atoms with E-state index < -0.39 is 0 Å². The van der Waals surface area contributed by atoms with Crippen molar-refractivity contribution < 1.29 is 4.74 Å². The zero-order chi connectivity index (χ0) is 13.1. The standard InChI is InChI=1S/C13H20BrN3O/c1-9-11(15)6-16-13(12(9)14)17(2)7-10-4-3-5-18-8-10/h6,10H,3-5,7-8,15H2,1-2H3. The first kappa shape index (κ1) is 13.6. The number of nitrogen functional groups attached to an aromatic ring is 1. The van der Waals surface area contributed by atoms with Gasteiger partial charge in [0.25, 0.3) is 0 Å². The van der Waals surface area contributed by atoms with E-state index in [2.05, 4.69) is 32.9 Å². The van der Waals surface area contributed by atoms with E-state index in [0.29, 0.717) is 5.92 Å². The minimum Gasteiger partial charge on any atom is -0.397 e. The minimum absolute atomic E-state index is 0.593. The average molecular weight is 314 g/mol. The lowest BCUT2D eigenvalue weighted by atomic mass is 10.0. The zero-order valence-electron chi connectivity index (χ0n) is 10.9. The Morgan fingerprint density at radius 1 is 1.61 bits per heavy atom. The van der Waals surface area contributed by atoms with E-state index >= 15 is 0 Å². The monoisotopic (exact) mass is 313 g/mol. The first-order valence-electron chi connectivity index (χ1n) is 6.29. The van der Waals surface area contributed by atoms with Crippen LogP contribution in [0.4, 0.5) is 11.5 Å². The highest BCUT2D eigenvalue weighted by Crippen LogP contribution is 2.30. The molecule has 0 amide bonds. The lowest BCUT2D eigenvalue weighted by Gasteiger charge is -2.28.